The molecule has 1 heterocycles. The van der Waals surface area contributed by atoms with Crippen LogP contribution in [-0.4, -0.2) is 30.9 Å². The molecule has 4 fully saturated rings. The topological polar surface area (TPSA) is 59.7 Å². The minimum Gasteiger partial charge on any atom is -0.472 e. The van der Waals surface area contributed by atoms with Gasteiger partial charge in [-0.25, -0.2) is 0 Å². The maximum atomic E-state index is 14.3. The number of hydrogen-bond acceptors (Lipinski definition) is 4. The highest BCUT2D eigenvalue weighted by molar-refractivity contribution is 6.99. The van der Waals surface area contributed by atoms with Crippen molar-refractivity contribution in [3.05, 3.63) is 84.8 Å². The Morgan fingerprint density at radius 3 is 2.14 bits per heavy atom. The van der Waals surface area contributed by atoms with Crippen LogP contribution in [0.3, 0.4) is 0 Å². The average Bonchev–Trinajstić information content (AvgIpc) is 3.62. The minimum atomic E-state index is -2.68. The fourth-order valence-electron chi connectivity index (χ4n) is 10.9. The molecule has 0 spiro atoms. The van der Waals surface area contributed by atoms with E-state index in [0.29, 0.717) is 18.6 Å². The van der Waals surface area contributed by atoms with Crippen molar-refractivity contribution < 1.29 is 18.7 Å². The SMILES string of the molecule is CC(C)(C)[Si](O[C@H]1CC[C@@]2(C)[C@H](CC(=O)[C@@H]3[C@@H]2CC[C@]2(C)[C@@H](c4ccoc4)CC[C@]32O)C1)(c1ccccc1)c1ccccc1. The second-order valence-corrected chi connectivity index (χ2v) is 20.4. The summed E-state index contributed by atoms with van der Waals surface area (Å²) in [7, 11) is -2.68. The monoisotopic (exact) mass is 610 g/mol. The van der Waals surface area contributed by atoms with E-state index in [-0.39, 0.29) is 45.6 Å². The summed E-state index contributed by atoms with van der Waals surface area (Å²) >= 11 is 0. The maximum Gasteiger partial charge on any atom is 0.261 e. The molecule has 0 bridgehead atoms. The smallest absolute Gasteiger partial charge is 0.261 e. The molecule has 1 aromatic heterocycles. The molecular formula is C39H50O4Si. The maximum absolute atomic E-state index is 14.3. The van der Waals surface area contributed by atoms with E-state index in [0.717, 1.165) is 38.5 Å². The van der Waals surface area contributed by atoms with Crippen LogP contribution in [0.1, 0.15) is 97.5 Å². The first-order valence-corrected chi connectivity index (χ1v) is 18.9. The van der Waals surface area contributed by atoms with Crippen molar-refractivity contribution in [1.29, 1.82) is 0 Å². The van der Waals surface area contributed by atoms with E-state index in [9.17, 15) is 9.90 Å². The molecule has 4 saturated carbocycles. The first-order valence-electron chi connectivity index (χ1n) is 17.0. The average molecular weight is 611 g/mol. The fourth-order valence-corrected chi connectivity index (χ4v) is 15.7. The summed E-state index contributed by atoms with van der Waals surface area (Å²) in [6.45, 7) is 11.7. The predicted octanol–water partition coefficient (Wildman–Crippen LogP) is 7.65. The molecule has 0 unspecified atom stereocenters. The second kappa shape index (κ2) is 10.5. The van der Waals surface area contributed by atoms with E-state index in [1.165, 1.54) is 15.9 Å². The second-order valence-electron chi connectivity index (χ2n) is 16.2. The Labute approximate surface area is 264 Å². The molecule has 7 rings (SSSR count). The first-order chi connectivity index (χ1) is 20.9. The van der Waals surface area contributed by atoms with Crippen LogP contribution < -0.4 is 10.4 Å². The lowest BCUT2D eigenvalue weighted by Gasteiger charge is -2.63. The zero-order chi connectivity index (χ0) is 31.0. The number of fused-ring (bicyclic) bond motifs is 5. The van der Waals surface area contributed by atoms with Crippen molar-refractivity contribution in [2.75, 3.05) is 0 Å². The third kappa shape index (κ3) is 4.25. The van der Waals surface area contributed by atoms with Crippen LogP contribution in [0, 0.1) is 28.6 Å². The Hall–Kier alpha value is -2.47. The number of carbonyl (C=O) groups excluding carboxylic acids is 1. The number of aliphatic hydroxyl groups is 1. The molecule has 5 heteroatoms. The third-order valence-electron chi connectivity index (χ3n) is 13.3. The number of furan rings is 1. The van der Waals surface area contributed by atoms with Crippen molar-refractivity contribution in [2.45, 2.75) is 109 Å². The Balaban J connectivity index is 1.19. The highest BCUT2D eigenvalue weighted by Crippen LogP contribution is 2.70. The van der Waals surface area contributed by atoms with Gasteiger partial charge in [-0.1, -0.05) is 95.3 Å². The van der Waals surface area contributed by atoms with Gasteiger partial charge in [-0.15, -0.1) is 0 Å². The van der Waals surface area contributed by atoms with E-state index >= 15 is 0 Å². The highest BCUT2D eigenvalue weighted by Gasteiger charge is 2.70. The molecule has 234 valence electrons. The van der Waals surface area contributed by atoms with Gasteiger partial charge in [-0.2, -0.15) is 0 Å². The van der Waals surface area contributed by atoms with E-state index in [2.05, 4.69) is 101 Å². The van der Waals surface area contributed by atoms with Gasteiger partial charge in [0, 0.05) is 17.9 Å². The summed E-state index contributed by atoms with van der Waals surface area (Å²) in [4.78, 5) is 14.3. The molecule has 4 aliphatic rings. The molecule has 4 aliphatic carbocycles. The standard InChI is InChI=1S/C39H50O4Si/c1-36(2,3)44(30-12-8-6-9-13-30,31-14-10-7-11-15-31)43-29-16-20-37(4)28(24-29)25-34(40)35-33(37)17-21-38(5)32(18-22-39(35,38)41)27-19-23-42-26-27/h6-15,19,23,26,28-29,32-33,35,41H,16-18,20-22,24-25H2,1-5H3/t28-,29-,32+,33-,35-,37-,38+,39-/m0/s1. The van der Waals surface area contributed by atoms with Crippen LogP contribution in [0.4, 0.5) is 0 Å². The minimum absolute atomic E-state index is 0.0364. The van der Waals surface area contributed by atoms with Crippen molar-refractivity contribution in [3.63, 3.8) is 0 Å². The lowest BCUT2D eigenvalue weighted by molar-refractivity contribution is -0.203. The lowest BCUT2D eigenvalue weighted by Crippen LogP contribution is -2.69. The summed E-state index contributed by atoms with van der Waals surface area (Å²) < 4.78 is 13.1. The summed E-state index contributed by atoms with van der Waals surface area (Å²) in [6, 6.07) is 23.9. The number of ketones is 1. The Kier molecular flexibility index (Phi) is 7.23. The number of carbonyl (C=O) groups is 1. The largest absolute Gasteiger partial charge is 0.472 e. The van der Waals surface area contributed by atoms with Gasteiger partial charge in [0.05, 0.1) is 24.0 Å². The molecule has 0 saturated heterocycles. The first kappa shape index (κ1) is 30.2. The summed E-state index contributed by atoms with van der Waals surface area (Å²) in [6.07, 6.45) is 10.8. The summed E-state index contributed by atoms with van der Waals surface area (Å²) in [5.74, 6) is 0.774. The van der Waals surface area contributed by atoms with Crippen molar-refractivity contribution in [1.82, 2.24) is 0 Å². The van der Waals surface area contributed by atoms with Gasteiger partial charge < -0.3 is 13.9 Å². The van der Waals surface area contributed by atoms with Crippen molar-refractivity contribution in [3.8, 4) is 0 Å². The molecular weight excluding hydrogens is 561 g/mol. The Morgan fingerprint density at radius 1 is 0.886 bits per heavy atom. The van der Waals surface area contributed by atoms with Crippen molar-refractivity contribution >= 4 is 24.5 Å². The van der Waals surface area contributed by atoms with Gasteiger partial charge in [0.1, 0.15) is 5.78 Å². The molecule has 8 atom stereocenters. The number of Topliss-reactive ketones (excluding diaryl/α,β-unsaturated/α-hetero) is 1. The number of rotatable bonds is 5. The van der Waals surface area contributed by atoms with Crippen LogP contribution in [0.15, 0.2) is 83.7 Å². The van der Waals surface area contributed by atoms with Gasteiger partial charge >= 0.3 is 0 Å². The van der Waals surface area contributed by atoms with E-state index in [1.807, 2.05) is 6.26 Å². The number of hydrogen-bond donors (Lipinski definition) is 1. The summed E-state index contributed by atoms with van der Waals surface area (Å²) in [5.41, 5.74) is -0.0458. The van der Waals surface area contributed by atoms with Gasteiger partial charge in [0.2, 0.25) is 0 Å². The molecule has 1 N–H and O–H groups in total. The van der Waals surface area contributed by atoms with Crippen molar-refractivity contribution in [2.24, 2.45) is 28.6 Å². The van der Waals surface area contributed by atoms with Crippen LogP contribution in [-0.2, 0) is 9.22 Å². The van der Waals surface area contributed by atoms with Crippen LogP contribution >= 0.6 is 0 Å². The summed E-state index contributed by atoms with van der Waals surface area (Å²) in [5, 5.41) is 15.1. The molecule has 0 amide bonds. The molecule has 2 aromatic carbocycles. The fraction of sp³-hybridized carbons (Fsp3) is 0.564. The van der Waals surface area contributed by atoms with Gasteiger partial charge in [0.15, 0.2) is 0 Å². The molecule has 3 aromatic rings. The highest BCUT2D eigenvalue weighted by atomic mass is 28.4. The third-order valence-corrected chi connectivity index (χ3v) is 18.4. The number of benzene rings is 2. The van der Waals surface area contributed by atoms with Gasteiger partial charge in [0.25, 0.3) is 8.32 Å². The van der Waals surface area contributed by atoms with E-state index in [4.69, 9.17) is 8.84 Å². The van der Waals surface area contributed by atoms with Crippen LogP contribution in [0.5, 0.6) is 0 Å². The zero-order valence-electron chi connectivity index (χ0n) is 27.2. The van der Waals surface area contributed by atoms with Gasteiger partial charge in [-0.05, 0) is 95.2 Å². The lowest BCUT2D eigenvalue weighted by atomic mass is 9.43. The van der Waals surface area contributed by atoms with E-state index < -0.39 is 13.9 Å². The zero-order valence-corrected chi connectivity index (χ0v) is 28.2. The van der Waals surface area contributed by atoms with E-state index in [1.54, 1.807) is 6.26 Å². The normalized spacial score (nSPS) is 37.2. The quantitative estimate of drug-likeness (QED) is 0.302. The predicted molar refractivity (Wildman–Crippen MR) is 178 cm³/mol. The Morgan fingerprint density at radius 2 is 1.55 bits per heavy atom. The van der Waals surface area contributed by atoms with Crippen LogP contribution in [0.2, 0.25) is 5.04 Å². The molecule has 0 aliphatic heterocycles. The Bertz CT molecular complexity index is 1440. The molecule has 4 nitrogen and oxygen atoms in total. The molecule has 44 heavy (non-hydrogen) atoms. The molecule has 0 radical (unpaired) electrons. The van der Waals surface area contributed by atoms with Crippen LogP contribution in [0.25, 0.3) is 0 Å². The van der Waals surface area contributed by atoms with Gasteiger partial charge in [-0.3, -0.25) is 4.79 Å².